The molecule has 0 spiro atoms. The molecule has 0 radical (unpaired) electrons. The molecular weight excluding hydrogens is 190 g/mol. The average molecular weight is 213 g/mol. The third kappa shape index (κ3) is 2.27. The van der Waals surface area contributed by atoms with Crippen molar-refractivity contribution in [2.75, 3.05) is 11.5 Å². The molecule has 2 fully saturated rings. The van der Waals surface area contributed by atoms with Gasteiger partial charge in [-0.15, -0.1) is 0 Å². The molecular formula is C12H23NS. The summed E-state index contributed by atoms with van der Waals surface area (Å²) in [6.45, 7) is 7.21. The monoisotopic (exact) mass is 213 g/mol. The minimum Gasteiger partial charge on any atom is -0.310 e. The van der Waals surface area contributed by atoms with E-state index in [2.05, 4.69) is 37.8 Å². The molecule has 0 bridgehead atoms. The van der Waals surface area contributed by atoms with E-state index >= 15 is 0 Å². The summed E-state index contributed by atoms with van der Waals surface area (Å²) in [7, 11) is 0. The van der Waals surface area contributed by atoms with Gasteiger partial charge in [0.2, 0.25) is 0 Å². The standard InChI is InChI=1S/C12H23NS/c1-9-6-10(7-9)13-11-8-14-5-4-12(11,2)3/h9-11,13H,4-8H2,1-3H3. The van der Waals surface area contributed by atoms with Crippen LogP contribution in [0.2, 0.25) is 0 Å². The van der Waals surface area contributed by atoms with Crippen molar-refractivity contribution in [1.29, 1.82) is 0 Å². The Kier molecular flexibility index (Phi) is 3.13. The van der Waals surface area contributed by atoms with Crippen LogP contribution in [0.1, 0.15) is 40.0 Å². The first kappa shape index (κ1) is 10.8. The molecule has 0 amide bonds. The van der Waals surface area contributed by atoms with Crippen molar-refractivity contribution in [3.63, 3.8) is 0 Å². The Labute approximate surface area is 92.4 Å². The molecule has 2 aliphatic rings. The Morgan fingerprint density at radius 3 is 2.57 bits per heavy atom. The third-order valence-electron chi connectivity index (χ3n) is 3.93. The molecule has 1 N–H and O–H groups in total. The molecule has 0 aromatic heterocycles. The highest BCUT2D eigenvalue weighted by Crippen LogP contribution is 2.36. The van der Waals surface area contributed by atoms with Crippen molar-refractivity contribution in [3.8, 4) is 0 Å². The van der Waals surface area contributed by atoms with Gasteiger partial charge in [-0.25, -0.2) is 0 Å². The van der Waals surface area contributed by atoms with E-state index in [1.54, 1.807) is 0 Å². The molecule has 1 atom stereocenters. The lowest BCUT2D eigenvalue weighted by atomic mass is 9.77. The molecule has 0 aromatic carbocycles. The van der Waals surface area contributed by atoms with E-state index in [1.807, 2.05) is 0 Å². The second-order valence-corrected chi connectivity index (χ2v) is 6.96. The smallest absolute Gasteiger partial charge is 0.0212 e. The Bertz CT molecular complexity index is 196. The van der Waals surface area contributed by atoms with Crippen molar-refractivity contribution in [2.45, 2.75) is 52.1 Å². The van der Waals surface area contributed by atoms with Crippen molar-refractivity contribution in [1.82, 2.24) is 5.32 Å². The number of hydrogen-bond donors (Lipinski definition) is 1. The van der Waals surface area contributed by atoms with Crippen LogP contribution in [0.25, 0.3) is 0 Å². The van der Waals surface area contributed by atoms with Gasteiger partial charge in [0.15, 0.2) is 0 Å². The van der Waals surface area contributed by atoms with Gasteiger partial charge in [-0.1, -0.05) is 20.8 Å². The van der Waals surface area contributed by atoms with Crippen molar-refractivity contribution < 1.29 is 0 Å². The number of thioether (sulfide) groups is 1. The zero-order valence-corrected chi connectivity index (χ0v) is 10.5. The van der Waals surface area contributed by atoms with Crippen LogP contribution < -0.4 is 5.32 Å². The lowest BCUT2D eigenvalue weighted by molar-refractivity contribution is 0.165. The van der Waals surface area contributed by atoms with Crippen molar-refractivity contribution in [3.05, 3.63) is 0 Å². The van der Waals surface area contributed by atoms with Gasteiger partial charge in [-0.05, 0) is 36.3 Å². The van der Waals surface area contributed by atoms with Crippen molar-refractivity contribution in [2.24, 2.45) is 11.3 Å². The van der Waals surface area contributed by atoms with E-state index in [1.165, 1.54) is 30.8 Å². The zero-order valence-electron chi connectivity index (χ0n) is 9.68. The summed E-state index contributed by atoms with van der Waals surface area (Å²) in [5.41, 5.74) is 0.518. The van der Waals surface area contributed by atoms with Crippen LogP contribution in [0.15, 0.2) is 0 Å². The predicted octanol–water partition coefficient (Wildman–Crippen LogP) is 2.91. The summed E-state index contributed by atoms with van der Waals surface area (Å²) in [4.78, 5) is 0. The van der Waals surface area contributed by atoms with Gasteiger partial charge < -0.3 is 5.32 Å². The largest absolute Gasteiger partial charge is 0.310 e. The van der Waals surface area contributed by atoms with Crippen molar-refractivity contribution >= 4 is 11.8 Å². The first-order valence-electron chi connectivity index (χ1n) is 5.92. The molecule has 1 heterocycles. The number of nitrogens with one attached hydrogen (secondary N) is 1. The topological polar surface area (TPSA) is 12.0 Å². The van der Waals surface area contributed by atoms with Crippen LogP contribution in [0.3, 0.4) is 0 Å². The number of rotatable bonds is 2. The maximum atomic E-state index is 3.86. The molecule has 0 aromatic rings. The molecule has 1 saturated heterocycles. The predicted molar refractivity (Wildman–Crippen MR) is 64.8 cm³/mol. The fourth-order valence-corrected chi connectivity index (χ4v) is 4.15. The number of hydrogen-bond acceptors (Lipinski definition) is 2. The highest BCUT2D eigenvalue weighted by molar-refractivity contribution is 7.99. The van der Waals surface area contributed by atoms with Crippen LogP contribution in [0.4, 0.5) is 0 Å². The normalized spacial score (nSPS) is 41.8. The summed E-state index contributed by atoms with van der Waals surface area (Å²) >= 11 is 2.12. The highest BCUT2D eigenvalue weighted by Gasteiger charge is 2.36. The van der Waals surface area contributed by atoms with Gasteiger partial charge in [0.05, 0.1) is 0 Å². The fourth-order valence-electron chi connectivity index (χ4n) is 2.53. The van der Waals surface area contributed by atoms with Gasteiger partial charge in [0.1, 0.15) is 0 Å². The SMILES string of the molecule is CC1CC(NC2CSCCC2(C)C)C1. The highest BCUT2D eigenvalue weighted by atomic mass is 32.2. The van der Waals surface area contributed by atoms with Gasteiger partial charge >= 0.3 is 0 Å². The molecule has 2 heteroatoms. The molecule has 82 valence electrons. The average Bonchev–Trinajstić information content (AvgIpc) is 2.05. The lowest BCUT2D eigenvalue weighted by Gasteiger charge is -2.44. The Hall–Kier alpha value is 0.310. The van der Waals surface area contributed by atoms with Crippen LogP contribution >= 0.6 is 11.8 Å². The maximum Gasteiger partial charge on any atom is 0.0212 e. The maximum absolute atomic E-state index is 3.86. The van der Waals surface area contributed by atoms with E-state index in [0.29, 0.717) is 5.41 Å². The Balaban J connectivity index is 1.83. The molecule has 2 rings (SSSR count). The summed E-state index contributed by atoms with van der Waals surface area (Å²) in [6, 6.07) is 1.58. The zero-order chi connectivity index (χ0) is 10.2. The summed E-state index contributed by atoms with van der Waals surface area (Å²) in [5, 5.41) is 3.86. The second-order valence-electron chi connectivity index (χ2n) is 5.81. The summed E-state index contributed by atoms with van der Waals surface area (Å²) in [5.74, 6) is 3.64. The van der Waals surface area contributed by atoms with Gasteiger partial charge in [-0.3, -0.25) is 0 Å². The van der Waals surface area contributed by atoms with Gasteiger partial charge in [0, 0.05) is 17.8 Å². The van der Waals surface area contributed by atoms with Crippen LogP contribution in [-0.2, 0) is 0 Å². The summed E-state index contributed by atoms with van der Waals surface area (Å²) in [6.07, 6.45) is 4.17. The van der Waals surface area contributed by atoms with E-state index in [9.17, 15) is 0 Å². The minimum absolute atomic E-state index is 0.518. The minimum atomic E-state index is 0.518. The second kappa shape index (κ2) is 4.05. The van der Waals surface area contributed by atoms with E-state index in [4.69, 9.17) is 0 Å². The van der Waals surface area contributed by atoms with E-state index in [0.717, 1.165) is 18.0 Å². The first-order valence-corrected chi connectivity index (χ1v) is 7.07. The van der Waals surface area contributed by atoms with Gasteiger partial charge in [-0.2, -0.15) is 11.8 Å². The van der Waals surface area contributed by atoms with Crippen LogP contribution in [0, 0.1) is 11.3 Å². The van der Waals surface area contributed by atoms with E-state index in [-0.39, 0.29) is 0 Å². The van der Waals surface area contributed by atoms with Gasteiger partial charge in [0.25, 0.3) is 0 Å². The van der Waals surface area contributed by atoms with Crippen LogP contribution in [-0.4, -0.2) is 23.6 Å². The molecule has 1 nitrogen and oxygen atoms in total. The third-order valence-corrected chi connectivity index (χ3v) is 4.99. The molecule has 1 saturated carbocycles. The van der Waals surface area contributed by atoms with E-state index < -0.39 is 0 Å². The first-order chi connectivity index (χ1) is 6.58. The molecule has 1 aliphatic heterocycles. The quantitative estimate of drug-likeness (QED) is 0.757. The Morgan fingerprint density at radius 1 is 1.29 bits per heavy atom. The molecule has 1 aliphatic carbocycles. The molecule has 14 heavy (non-hydrogen) atoms. The molecule has 1 unspecified atom stereocenters. The lowest BCUT2D eigenvalue weighted by Crippen LogP contribution is -2.53. The Morgan fingerprint density at radius 2 is 2.00 bits per heavy atom. The summed E-state index contributed by atoms with van der Waals surface area (Å²) < 4.78 is 0. The van der Waals surface area contributed by atoms with Crippen LogP contribution in [0.5, 0.6) is 0 Å². The fraction of sp³-hybridized carbons (Fsp3) is 1.00.